The first-order valence-electron chi connectivity index (χ1n) is 14.6. The second kappa shape index (κ2) is 14.0. The van der Waals surface area contributed by atoms with Gasteiger partial charge < -0.3 is 4.74 Å². The predicted molar refractivity (Wildman–Crippen MR) is 150 cm³/mol. The van der Waals surface area contributed by atoms with Gasteiger partial charge in [-0.1, -0.05) is 88.8 Å². The molecule has 3 aromatic carbocycles. The highest BCUT2D eigenvalue weighted by Crippen LogP contribution is 2.37. The molecule has 0 bridgehead atoms. The maximum Gasteiger partial charge on any atom is 0.201 e. The molecular formula is C34H40F4O. The average molecular weight is 541 g/mol. The molecule has 5 heteroatoms. The van der Waals surface area contributed by atoms with Crippen molar-refractivity contribution in [1.82, 2.24) is 0 Å². The van der Waals surface area contributed by atoms with E-state index in [1.54, 1.807) is 24.3 Å². The number of ether oxygens (including phenoxy) is 1. The van der Waals surface area contributed by atoms with Gasteiger partial charge in [-0.15, -0.1) is 0 Å². The fourth-order valence-electron chi connectivity index (χ4n) is 5.57. The van der Waals surface area contributed by atoms with Crippen molar-refractivity contribution in [3.05, 3.63) is 88.5 Å². The van der Waals surface area contributed by atoms with Crippen LogP contribution in [0.25, 0.3) is 11.1 Å². The van der Waals surface area contributed by atoms with Crippen molar-refractivity contribution in [2.45, 2.75) is 90.4 Å². The topological polar surface area (TPSA) is 9.23 Å². The second-order valence-electron chi connectivity index (χ2n) is 11.1. The maximum atomic E-state index is 14.9. The molecule has 1 nitrogen and oxygen atoms in total. The molecular weight excluding hydrogens is 500 g/mol. The smallest absolute Gasteiger partial charge is 0.201 e. The number of halogens is 4. The maximum absolute atomic E-state index is 14.9. The molecule has 0 aromatic heterocycles. The number of hydrogen-bond acceptors (Lipinski definition) is 1. The van der Waals surface area contributed by atoms with E-state index in [1.165, 1.54) is 18.6 Å². The fourth-order valence-corrected chi connectivity index (χ4v) is 5.57. The standard InChI is InChI=1S/C34H40F4O/c1-3-4-5-6-7-22-39-30-21-20-29(33(37)34(30)38)26-15-10-24(11-16-26)12-17-27-18-19-28(32(36)31(27)35)25-13-8-23(2)9-14-25/h10-11,15-16,18-21,23,25H,3-9,12-14,17,22H2,1-2H3. The molecule has 0 atom stereocenters. The van der Waals surface area contributed by atoms with Crippen LogP contribution in [0.1, 0.15) is 94.2 Å². The Labute approximate surface area is 230 Å². The summed E-state index contributed by atoms with van der Waals surface area (Å²) in [5.74, 6) is -2.68. The largest absolute Gasteiger partial charge is 0.490 e. The number of rotatable bonds is 12. The Morgan fingerprint density at radius 2 is 1.41 bits per heavy atom. The van der Waals surface area contributed by atoms with E-state index in [1.807, 2.05) is 12.1 Å². The highest BCUT2D eigenvalue weighted by Gasteiger charge is 2.24. The molecule has 1 fully saturated rings. The van der Waals surface area contributed by atoms with E-state index in [9.17, 15) is 17.6 Å². The van der Waals surface area contributed by atoms with Gasteiger partial charge in [0.05, 0.1) is 6.61 Å². The summed E-state index contributed by atoms with van der Waals surface area (Å²) in [5.41, 5.74) is 2.48. The van der Waals surface area contributed by atoms with E-state index >= 15 is 0 Å². The van der Waals surface area contributed by atoms with Crippen molar-refractivity contribution >= 4 is 0 Å². The highest BCUT2D eigenvalue weighted by molar-refractivity contribution is 5.65. The first kappa shape index (κ1) is 29.2. The van der Waals surface area contributed by atoms with Crippen LogP contribution in [-0.2, 0) is 12.8 Å². The van der Waals surface area contributed by atoms with Gasteiger partial charge in [0.25, 0.3) is 0 Å². The Bertz CT molecular complexity index is 1210. The van der Waals surface area contributed by atoms with Crippen LogP contribution in [0, 0.1) is 29.2 Å². The molecule has 0 spiro atoms. The van der Waals surface area contributed by atoms with Crippen molar-refractivity contribution in [2.24, 2.45) is 5.92 Å². The molecule has 0 N–H and O–H groups in total. The Hall–Kier alpha value is -2.82. The summed E-state index contributed by atoms with van der Waals surface area (Å²) >= 11 is 0. The van der Waals surface area contributed by atoms with Gasteiger partial charge in [0.1, 0.15) is 0 Å². The third-order valence-electron chi connectivity index (χ3n) is 8.15. The van der Waals surface area contributed by atoms with Gasteiger partial charge in [-0.05, 0) is 78.3 Å². The second-order valence-corrected chi connectivity index (χ2v) is 11.1. The van der Waals surface area contributed by atoms with Crippen LogP contribution in [0.4, 0.5) is 17.6 Å². The van der Waals surface area contributed by atoms with Crippen molar-refractivity contribution in [2.75, 3.05) is 6.61 Å². The Morgan fingerprint density at radius 3 is 2.13 bits per heavy atom. The van der Waals surface area contributed by atoms with Crippen molar-refractivity contribution in [3.8, 4) is 16.9 Å². The van der Waals surface area contributed by atoms with Crippen molar-refractivity contribution in [1.29, 1.82) is 0 Å². The zero-order chi connectivity index (χ0) is 27.8. The van der Waals surface area contributed by atoms with Crippen LogP contribution in [-0.4, -0.2) is 6.61 Å². The molecule has 4 rings (SSSR count). The predicted octanol–water partition coefficient (Wildman–Crippen LogP) is 10.3. The van der Waals surface area contributed by atoms with E-state index in [0.29, 0.717) is 42.1 Å². The lowest BCUT2D eigenvalue weighted by Crippen LogP contribution is -2.13. The minimum atomic E-state index is -0.978. The van der Waals surface area contributed by atoms with Gasteiger partial charge in [0.2, 0.25) is 5.82 Å². The van der Waals surface area contributed by atoms with Gasteiger partial charge in [-0.2, -0.15) is 4.39 Å². The van der Waals surface area contributed by atoms with Crippen LogP contribution in [0.2, 0.25) is 0 Å². The molecule has 0 saturated heterocycles. The summed E-state index contributed by atoms with van der Waals surface area (Å²) in [6, 6.07) is 13.6. The van der Waals surface area contributed by atoms with E-state index in [2.05, 4.69) is 13.8 Å². The lowest BCUT2D eigenvalue weighted by molar-refractivity contribution is 0.285. The Morgan fingerprint density at radius 1 is 0.692 bits per heavy atom. The zero-order valence-electron chi connectivity index (χ0n) is 23.2. The van der Waals surface area contributed by atoms with Gasteiger partial charge in [0, 0.05) is 5.56 Å². The SMILES string of the molecule is CCCCCCCOc1ccc(-c2ccc(CCc3ccc(C4CCC(C)CC4)c(F)c3F)cc2)c(F)c1F. The molecule has 3 aromatic rings. The molecule has 1 aliphatic carbocycles. The summed E-state index contributed by atoms with van der Waals surface area (Å²) < 4.78 is 64.7. The molecule has 1 saturated carbocycles. The summed E-state index contributed by atoms with van der Waals surface area (Å²) in [6.07, 6.45) is 10.0. The normalized spacial score (nSPS) is 17.4. The number of benzene rings is 3. The van der Waals surface area contributed by atoms with Crippen molar-refractivity contribution < 1.29 is 22.3 Å². The van der Waals surface area contributed by atoms with Gasteiger partial charge in [-0.3, -0.25) is 0 Å². The van der Waals surface area contributed by atoms with E-state index < -0.39 is 23.3 Å². The molecule has 39 heavy (non-hydrogen) atoms. The third kappa shape index (κ3) is 7.43. The lowest BCUT2D eigenvalue weighted by Gasteiger charge is -2.27. The molecule has 0 radical (unpaired) electrons. The van der Waals surface area contributed by atoms with Crippen LogP contribution in [0.15, 0.2) is 48.5 Å². The lowest BCUT2D eigenvalue weighted by atomic mass is 9.79. The summed E-state index contributed by atoms with van der Waals surface area (Å²) in [6.45, 7) is 4.71. The fraction of sp³-hybridized carbons (Fsp3) is 0.471. The zero-order valence-corrected chi connectivity index (χ0v) is 23.2. The van der Waals surface area contributed by atoms with Crippen LogP contribution < -0.4 is 4.74 Å². The molecule has 0 aliphatic heterocycles. The van der Waals surface area contributed by atoms with E-state index in [4.69, 9.17) is 4.74 Å². The first-order chi connectivity index (χ1) is 18.9. The van der Waals surface area contributed by atoms with Gasteiger partial charge in [-0.25, -0.2) is 13.2 Å². The van der Waals surface area contributed by atoms with Gasteiger partial charge >= 0.3 is 0 Å². The van der Waals surface area contributed by atoms with Gasteiger partial charge in [0.15, 0.2) is 23.2 Å². The monoisotopic (exact) mass is 540 g/mol. The molecule has 0 unspecified atom stereocenters. The van der Waals surface area contributed by atoms with Crippen LogP contribution in [0.5, 0.6) is 5.75 Å². The number of hydrogen-bond donors (Lipinski definition) is 0. The van der Waals surface area contributed by atoms with Crippen LogP contribution >= 0.6 is 0 Å². The quantitative estimate of drug-likeness (QED) is 0.164. The van der Waals surface area contributed by atoms with Crippen molar-refractivity contribution in [3.63, 3.8) is 0 Å². The molecule has 0 amide bonds. The number of aryl methyl sites for hydroxylation is 2. The van der Waals surface area contributed by atoms with E-state index in [0.717, 1.165) is 56.9 Å². The highest BCUT2D eigenvalue weighted by atomic mass is 19.2. The minimum Gasteiger partial charge on any atom is -0.490 e. The molecule has 210 valence electrons. The minimum absolute atomic E-state index is 0.0679. The summed E-state index contributed by atoms with van der Waals surface area (Å²) in [4.78, 5) is 0. The summed E-state index contributed by atoms with van der Waals surface area (Å²) in [7, 11) is 0. The van der Waals surface area contributed by atoms with Crippen LogP contribution in [0.3, 0.4) is 0 Å². The Kier molecular flexibility index (Phi) is 10.5. The average Bonchev–Trinajstić information content (AvgIpc) is 2.95. The van der Waals surface area contributed by atoms with E-state index in [-0.39, 0.29) is 17.2 Å². The number of unbranched alkanes of at least 4 members (excludes halogenated alkanes) is 4. The summed E-state index contributed by atoms with van der Waals surface area (Å²) in [5, 5.41) is 0. The Balaban J connectivity index is 1.35. The molecule has 1 aliphatic rings. The first-order valence-corrected chi connectivity index (χ1v) is 14.6. The molecule has 0 heterocycles. The third-order valence-corrected chi connectivity index (χ3v) is 8.15.